The Morgan fingerprint density at radius 2 is 2.29 bits per heavy atom. The van der Waals surface area contributed by atoms with Gasteiger partial charge < -0.3 is 0 Å². The van der Waals surface area contributed by atoms with Crippen molar-refractivity contribution >= 4 is 16.5 Å². The van der Waals surface area contributed by atoms with E-state index < -0.39 is 0 Å². The Bertz CT molecular complexity index is 83.7. The lowest BCUT2D eigenvalue weighted by atomic mass is 10.8. The highest BCUT2D eigenvalue weighted by molar-refractivity contribution is 7.78. The molecule has 3 heteroatoms. The topological polar surface area (TPSA) is 52.0 Å². The maximum Gasteiger partial charge on any atom is 0.315 e. The number of hydrogen-bond donors (Lipinski definition) is 2. The predicted molar refractivity (Wildman–Crippen MR) is 35.8 cm³/mol. The molecule has 0 unspecified atom stereocenters. The maximum absolute atomic E-state index is 5.09. The van der Waals surface area contributed by atoms with Gasteiger partial charge in [0.2, 0.25) is 11.4 Å². The summed E-state index contributed by atoms with van der Waals surface area (Å²) >= 11 is 1.39. The Balaban J connectivity index is 3.25. The first kappa shape index (κ1) is 6.75. The molecule has 2 nitrogen and oxygen atoms in total. The van der Waals surface area contributed by atoms with Crippen molar-refractivity contribution < 1.29 is 0 Å². The van der Waals surface area contributed by atoms with Gasteiger partial charge in [0.1, 0.15) is 0 Å². The van der Waals surface area contributed by atoms with Crippen LogP contribution in [0.1, 0.15) is 0 Å². The fourth-order valence-electron chi connectivity index (χ4n) is 0.155. The Labute approximate surface area is 47.2 Å². The summed E-state index contributed by atoms with van der Waals surface area (Å²) in [5.41, 5.74) is 10.2. The molecular formula is C4H9N2S+. The molecule has 0 aliphatic rings. The first-order chi connectivity index (χ1) is 3.27. The lowest BCUT2D eigenvalue weighted by molar-refractivity contribution is 1.64. The second-order valence-corrected chi connectivity index (χ2v) is 2.10. The molecule has 0 spiro atoms. The first-order valence-corrected chi connectivity index (χ1v) is 2.87. The van der Waals surface area contributed by atoms with E-state index in [9.17, 15) is 0 Å². The van der Waals surface area contributed by atoms with Gasteiger partial charge in [-0.3, -0.25) is 0 Å². The van der Waals surface area contributed by atoms with Crippen molar-refractivity contribution in [2.45, 2.75) is 0 Å². The maximum atomic E-state index is 5.09. The zero-order chi connectivity index (χ0) is 5.70. The second kappa shape index (κ2) is 3.92. The van der Waals surface area contributed by atoms with Crippen LogP contribution in [0.4, 0.5) is 0 Å². The molecule has 4 N–H and O–H groups in total. The first-order valence-electron chi connectivity index (χ1n) is 1.89. The van der Waals surface area contributed by atoms with Crippen LogP contribution in [0, 0.1) is 0 Å². The molecule has 0 bridgehead atoms. The van der Waals surface area contributed by atoms with Crippen LogP contribution in [-0.2, 0) is 11.4 Å². The average molecular weight is 117 g/mol. The number of rotatable bonds is 2. The molecular weight excluding hydrogens is 108 g/mol. The third kappa shape index (κ3) is 5.75. The van der Waals surface area contributed by atoms with E-state index in [1.54, 1.807) is 6.08 Å². The van der Waals surface area contributed by atoms with Gasteiger partial charge in [-0.2, -0.15) is 0 Å². The summed E-state index contributed by atoms with van der Waals surface area (Å²) < 4.78 is 0. The van der Waals surface area contributed by atoms with Gasteiger partial charge in [0, 0.05) is 0 Å². The van der Waals surface area contributed by atoms with E-state index in [2.05, 4.69) is 6.58 Å². The van der Waals surface area contributed by atoms with Gasteiger partial charge in [-0.05, 0) is 6.08 Å². The summed E-state index contributed by atoms with van der Waals surface area (Å²) in [5.74, 6) is 0.794. The molecule has 0 aromatic heterocycles. The van der Waals surface area contributed by atoms with Gasteiger partial charge >= 0.3 is 5.11 Å². The minimum Gasteiger partial charge on any atom is -0.243 e. The van der Waals surface area contributed by atoms with Crippen molar-refractivity contribution in [3.05, 3.63) is 12.7 Å². The number of hydrogen-bond acceptors (Lipinski definition) is 0. The van der Waals surface area contributed by atoms with E-state index in [0.717, 1.165) is 5.75 Å². The molecule has 0 aliphatic carbocycles. The summed E-state index contributed by atoms with van der Waals surface area (Å²) in [5, 5.41) is 0.403. The van der Waals surface area contributed by atoms with Crippen LogP contribution in [0.15, 0.2) is 12.7 Å². The van der Waals surface area contributed by atoms with Crippen molar-refractivity contribution in [2.24, 2.45) is 11.5 Å². The Morgan fingerprint density at radius 3 is 2.43 bits per heavy atom. The quantitative estimate of drug-likeness (QED) is 0.284. The summed E-state index contributed by atoms with van der Waals surface area (Å²) in [7, 11) is 0. The molecule has 0 saturated carbocycles. The highest BCUT2D eigenvalue weighted by Gasteiger charge is 1.90. The Morgan fingerprint density at radius 1 is 1.71 bits per heavy atom. The standard InChI is InChI=1S/C4H9N2S/c1-2-3-7-4(5)6/h2H,1,3,5-6H2/q+1. The van der Waals surface area contributed by atoms with Crippen LogP contribution in [0.2, 0.25) is 0 Å². The fraction of sp³-hybridized carbons (Fsp3) is 0.250. The highest BCUT2D eigenvalue weighted by atomic mass is 32.1. The number of nitrogens with two attached hydrogens (primary N) is 2. The molecule has 0 aromatic rings. The van der Waals surface area contributed by atoms with Gasteiger partial charge in [0.15, 0.2) is 5.75 Å². The zero-order valence-electron chi connectivity index (χ0n) is 4.05. The molecule has 40 valence electrons. The predicted octanol–water partition coefficient (Wildman–Crippen LogP) is -0.740. The highest BCUT2D eigenvalue weighted by Crippen LogP contribution is 1.59. The van der Waals surface area contributed by atoms with Crippen LogP contribution in [0.5, 0.6) is 0 Å². The molecule has 7 heavy (non-hydrogen) atoms. The normalized spacial score (nSPS) is 7.71. The molecule has 0 heterocycles. The molecule has 0 rings (SSSR count). The average Bonchev–Trinajstić information content (AvgIpc) is 1.61. The molecule has 0 aliphatic heterocycles. The molecule has 0 radical (unpaired) electrons. The molecule has 0 fully saturated rings. The second-order valence-electron chi connectivity index (χ2n) is 1.00. The molecule has 0 aromatic carbocycles. The van der Waals surface area contributed by atoms with Crippen LogP contribution >= 0.6 is 0 Å². The molecule has 0 amide bonds. The minimum atomic E-state index is 0.403. The summed E-state index contributed by atoms with van der Waals surface area (Å²) in [6, 6.07) is 0. The smallest absolute Gasteiger partial charge is 0.243 e. The van der Waals surface area contributed by atoms with Crippen molar-refractivity contribution in [1.82, 2.24) is 0 Å². The van der Waals surface area contributed by atoms with Crippen molar-refractivity contribution in [3.8, 4) is 0 Å². The van der Waals surface area contributed by atoms with Crippen molar-refractivity contribution in [1.29, 1.82) is 0 Å². The van der Waals surface area contributed by atoms with Crippen LogP contribution in [-0.4, -0.2) is 10.9 Å². The lowest BCUT2D eigenvalue weighted by Crippen LogP contribution is -2.23. The largest absolute Gasteiger partial charge is 0.315 e. The van der Waals surface area contributed by atoms with E-state index in [-0.39, 0.29) is 0 Å². The Hall–Kier alpha value is -0.250. The van der Waals surface area contributed by atoms with Gasteiger partial charge in [-0.25, -0.2) is 11.5 Å². The lowest BCUT2D eigenvalue weighted by Gasteiger charge is -1.65. The van der Waals surface area contributed by atoms with Crippen LogP contribution in [0.25, 0.3) is 0 Å². The van der Waals surface area contributed by atoms with Gasteiger partial charge in [0.25, 0.3) is 0 Å². The van der Waals surface area contributed by atoms with Gasteiger partial charge in [0.05, 0.1) is 0 Å². The fourth-order valence-corrected chi connectivity index (χ4v) is 0.465. The summed E-state index contributed by atoms with van der Waals surface area (Å²) in [6.07, 6.45) is 1.75. The van der Waals surface area contributed by atoms with E-state index in [1.807, 2.05) is 0 Å². The zero-order valence-corrected chi connectivity index (χ0v) is 4.87. The minimum absolute atomic E-state index is 0.403. The van der Waals surface area contributed by atoms with E-state index in [4.69, 9.17) is 11.5 Å². The summed E-state index contributed by atoms with van der Waals surface area (Å²) in [6.45, 7) is 3.49. The third-order valence-corrected chi connectivity index (χ3v) is 1.10. The van der Waals surface area contributed by atoms with Crippen LogP contribution < -0.4 is 11.5 Å². The molecule has 0 atom stereocenters. The van der Waals surface area contributed by atoms with Crippen LogP contribution in [0.3, 0.4) is 0 Å². The van der Waals surface area contributed by atoms with Crippen molar-refractivity contribution in [2.75, 3.05) is 5.75 Å². The van der Waals surface area contributed by atoms with E-state index >= 15 is 0 Å². The van der Waals surface area contributed by atoms with E-state index in [0.29, 0.717) is 5.11 Å². The Kier molecular flexibility index (Phi) is 3.78. The third-order valence-electron chi connectivity index (χ3n) is 0.368. The van der Waals surface area contributed by atoms with Gasteiger partial charge in [-0.15, -0.1) is 0 Å². The molecule has 0 saturated heterocycles. The van der Waals surface area contributed by atoms with Gasteiger partial charge in [-0.1, -0.05) is 6.58 Å². The van der Waals surface area contributed by atoms with E-state index in [1.165, 1.54) is 11.4 Å². The van der Waals surface area contributed by atoms with Crippen molar-refractivity contribution in [3.63, 3.8) is 0 Å². The SMILES string of the molecule is C=CC[S+]=C(N)N. The monoisotopic (exact) mass is 117 g/mol. The summed E-state index contributed by atoms with van der Waals surface area (Å²) in [4.78, 5) is 0.